The molecule has 2 aromatic rings. The number of halogens is 2. The smallest absolute Gasteiger partial charge is 0.259 e. The minimum Gasteiger partial charge on any atom is -0.334 e. The van der Waals surface area contributed by atoms with Gasteiger partial charge < -0.3 is 9.84 Å². The van der Waals surface area contributed by atoms with Gasteiger partial charge in [0.25, 0.3) is 5.89 Å². The maximum Gasteiger partial charge on any atom is 0.259 e. The summed E-state index contributed by atoms with van der Waals surface area (Å²) in [6.07, 6.45) is 3.42. The SMILES string of the molecule is Clc1ccc(-c2nc(C3CCCCN3)no2)c(Cl)c1. The van der Waals surface area contributed by atoms with E-state index in [4.69, 9.17) is 27.7 Å². The molecule has 0 bridgehead atoms. The molecule has 1 aromatic carbocycles. The molecule has 3 rings (SSSR count). The largest absolute Gasteiger partial charge is 0.334 e. The summed E-state index contributed by atoms with van der Waals surface area (Å²) in [5, 5.41) is 8.52. The van der Waals surface area contributed by atoms with Crippen molar-refractivity contribution in [2.75, 3.05) is 6.54 Å². The van der Waals surface area contributed by atoms with Gasteiger partial charge in [-0.3, -0.25) is 0 Å². The zero-order chi connectivity index (χ0) is 13.2. The van der Waals surface area contributed by atoms with Crippen LogP contribution in [0.25, 0.3) is 11.5 Å². The monoisotopic (exact) mass is 297 g/mol. The van der Waals surface area contributed by atoms with Crippen LogP contribution in [0, 0.1) is 0 Å². The van der Waals surface area contributed by atoms with E-state index < -0.39 is 0 Å². The number of nitrogens with one attached hydrogen (secondary N) is 1. The first-order valence-corrected chi connectivity index (χ1v) is 7.02. The van der Waals surface area contributed by atoms with Gasteiger partial charge in [-0.05, 0) is 37.6 Å². The lowest BCUT2D eigenvalue weighted by Gasteiger charge is -2.19. The Hall–Kier alpha value is -1.10. The lowest BCUT2D eigenvalue weighted by atomic mass is 10.0. The first-order chi connectivity index (χ1) is 9.24. The molecule has 1 N–H and O–H groups in total. The molecule has 0 saturated carbocycles. The van der Waals surface area contributed by atoms with E-state index in [1.807, 2.05) is 0 Å². The van der Waals surface area contributed by atoms with Crippen molar-refractivity contribution in [1.82, 2.24) is 15.5 Å². The molecule has 1 atom stereocenters. The van der Waals surface area contributed by atoms with Crippen LogP contribution in [0.2, 0.25) is 10.0 Å². The van der Waals surface area contributed by atoms with Crippen molar-refractivity contribution in [3.05, 3.63) is 34.1 Å². The van der Waals surface area contributed by atoms with Crippen LogP contribution in [-0.2, 0) is 0 Å². The minimum atomic E-state index is 0.178. The Kier molecular flexibility index (Phi) is 3.73. The number of nitrogens with zero attached hydrogens (tertiary/aromatic N) is 2. The third-order valence-corrected chi connectivity index (χ3v) is 3.77. The van der Waals surface area contributed by atoms with Crippen molar-refractivity contribution in [3.8, 4) is 11.5 Å². The molecule has 0 aliphatic carbocycles. The van der Waals surface area contributed by atoms with E-state index in [-0.39, 0.29) is 6.04 Å². The van der Waals surface area contributed by atoms with Crippen LogP contribution in [0.5, 0.6) is 0 Å². The normalized spacial score (nSPS) is 19.6. The standard InChI is InChI=1S/C13H13Cl2N3O/c14-8-4-5-9(10(15)7-8)13-17-12(18-19-13)11-3-1-2-6-16-11/h4-5,7,11,16H,1-3,6H2. The Morgan fingerprint density at radius 3 is 2.89 bits per heavy atom. The van der Waals surface area contributed by atoms with Crippen molar-refractivity contribution in [1.29, 1.82) is 0 Å². The molecule has 1 unspecified atom stereocenters. The molecule has 1 aliphatic heterocycles. The van der Waals surface area contributed by atoms with E-state index >= 15 is 0 Å². The van der Waals surface area contributed by atoms with Gasteiger partial charge in [-0.2, -0.15) is 4.98 Å². The second kappa shape index (κ2) is 5.49. The van der Waals surface area contributed by atoms with Crippen LogP contribution >= 0.6 is 23.2 Å². The summed E-state index contributed by atoms with van der Waals surface area (Å²) < 4.78 is 5.30. The van der Waals surface area contributed by atoms with Crippen molar-refractivity contribution >= 4 is 23.2 Å². The number of benzene rings is 1. The molecule has 1 aliphatic rings. The highest BCUT2D eigenvalue weighted by Crippen LogP contribution is 2.30. The third kappa shape index (κ3) is 2.76. The Morgan fingerprint density at radius 2 is 2.16 bits per heavy atom. The predicted molar refractivity (Wildman–Crippen MR) is 74.3 cm³/mol. The minimum absolute atomic E-state index is 0.178. The number of aromatic nitrogens is 2. The molecule has 1 fully saturated rings. The Morgan fingerprint density at radius 1 is 1.26 bits per heavy atom. The van der Waals surface area contributed by atoms with Crippen LogP contribution < -0.4 is 5.32 Å². The molecule has 1 aromatic heterocycles. The third-order valence-electron chi connectivity index (χ3n) is 3.23. The molecule has 1 saturated heterocycles. The van der Waals surface area contributed by atoms with Crippen LogP contribution in [-0.4, -0.2) is 16.7 Å². The fourth-order valence-corrected chi connectivity index (χ4v) is 2.71. The summed E-state index contributed by atoms with van der Waals surface area (Å²) in [4.78, 5) is 4.43. The highest BCUT2D eigenvalue weighted by molar-refractivity contribution is 6.36. The van der Waals surface area contributed by atoms with Gasteiger partial charge in [0.15, 0.2) is 5.82 Å². The molecule has 19 heavy (non-hydrogen) atoms. The van der Waals surface area contributed by atoms with Gasteiger partial charge in [-0.15, -0.1) is 0 Å². The zero-order valence-corrected chi connectivity index (χ0v) is 11.7. The van der Waals surface area contributed by atoms with Crippen LogP contribution in [0.15, 0.2) is 22.7 Å². The Balaban J connectivity index is 1.87. The van der Waals surface area contributed by atoms with E-state index in [0.717, 1.165) is 13.0 Å². The molecule has 6 heteroatoms. The van der Waals surface area contributed by atoms with E-state index in [1.54, 1.807) is 18.2 Å². The lowest BCUT2D eigenvalue weighted by molar-refractivity contribution is 0.367. The average molecular weight is 298 g/mol. The maximum absolute atomic E-state index is 6.13. The Bertz CT molecular complexity index is 579. The summed E-state index contributed by atoms with van der Waals surface area (Å²) in [5.41, 5.74) is 0.709. The average Bonchev–Trinajstić information content (AvgIpc) is 2.89. The summed E-state index contributed by atoms with van der Waals surface area (Å²) in [6.45, 7) is 0.996. The molecule has 0 spiro atoms. The maximum atomic E-state index is 6.13. The van der Waals surface area contributed by atoms with Gasteiger partial charge in [0.2, 0.25) is 0 Å². The van der Waals surface area contributed by atoms with Crippen LogP contribution in [0.4, 0.5) is 0 Å². The van der Waals surface area contributed by atoms with Gasteiger partial charge in [-0.25, -0.2) is 0 Å². The molecule has 2 heterocycles. The number of hydrogen-bond acceptors (Lipinski definition) is 4. The summed E-state index contributed by atoms with van der Waals surface area (Å²) in [7, 11) is 0. The molecule has 4 nitrogen and oxygen atoms in total. The number of piperidine rings is 1. The second-order valence-corrected chi connectivity index (χ2v) is 5.43. The fraction of sp³-hybridized carbons (Fsp3) is 0.385. The highest BCUT2D eigenvalue weighted by Gasteiger charge is 2.21. The number of hydrogen-bond donors (Lipinski definition) is 1. The van der Waals surface area contributed by atoms with Crippen LogP contribution in [0.3, 0.4) is 0 Å². The zero-order valence-electron chi connectivity index (χ0n) is 10.2. The number of rotatable bonds is 2. The Labute approximate surface area is 121 Å². The lowest BCUT2D eigenvalue weighted by Crippen LogP contribution is -2.27. The topological polar surface area (TPSA) is 51.0 Å². The van der Waals surface area contributed by atoms with E-state index in [9.17, 15) is 0 Å². The molecular formula is C13H13Cl2N3O. The first kappa shape index (κ1) is 12.9. The van der Waals surface area contributed by atoms with Crippen LogP contribution in [0.1, 0.15) is 31.1 Å². The second-order valence-electron chi connectivity index (χ2n) is 4.58. The highest BCUT2D eigenvalue weighted by atomic mass is 35.5. The summed E-state index contributed by atoms with van der Waals surface area (Å²) in [5.74, 6) is 1.13. The van der Waals surface area contributed by atoms with Gasteiger partial charge in [0, 0.05) is 5.02 Å². The summed E-state index contributed by atoms with van der Waals surface area (Å²) >= 11 is 12.0. The quantitative estimate of drug-likeness (QED) is 0.914. The van der Waals surface area contributed by atoms with E-state index in [1.165, 1.54) is 12.8 Å². The fourth-order valence-electron chi connectivity index (χ4n) is 2.22. The first-order valence-electron chi connectivity index (χ1n) is 6.26. The van der Waals surface area contributed by atoms with Crippen molar-refractivity contribution in [2.24, 2.45) is 0 Å². The van der Waals surface area contributed by atoms with Gasteiger partial charge in [-0.1, -0.05) is 34.8 Å². The van der Waals surface area contributed by atoms with Crippen molar-refractivity contribution in [3.63, 3.8) is 0 Å². The van der Waals surface area contributed by atoms with Gasteiger partial charge in [0.1, 0.15) is 0 Å². The molecule has 0 radical (unpaired) electrons. The van der Waals surface area contributed by atoms with Crippen molar-refractivity contribution < 1.29 is 4.52 Å². The molecule has 0 amide bonds. The summed E-state index contributed by atoms with van der Waals surface area (Å²) in [6, 6.07) is 5.39. The van der Waals surface area contributed by atoms with E-state index in [0.29, 0.717) is 27.3 Å². The molecule has 100 valence electrons. The molecular weight excluding hydrogens is 285 g/mol. The van der Waals surface area contributed by atoms with Crippen molar-refractivity contribution in [2.45, 2.75) is 25.3 Å². The van der Waals surface area contributed by atoms with Gasteiger partial charge in [0.05, 0.1) is 16.6 Å². The van der Waals surface area contributed by atoms with E-state index in [2.05, 4.69) is 15.5 Å². The predicted octanol–water partition coefficient (Wildman–Crippen LogP) is 3.86. The van der Waals surface area contributed by atoms with Gasteiger partial charge >= 0.3 is 0 Å².